The van der Waals surface area contributed by atoms with Gasteiger partial charge in [-0.2, -0.15) is 0 Å². The third kappa shape index (κ3) is 7.13. The molecule has 10 aromatic carbocycles. The number of nitrogens with zero attached hydrogens (tertiary/aromatic N) is 4. The summed E-state index contributed by atoms with van der Waals surface area (Å²) in [5.74, 6) is 0. The molecule has 0 bridgehead atoms. The Morgan fingerprint density at radius 2 is 0.637 bits per heavy atom. The molecule has 0 saturated carbocycles. The molecule has 2 aliphatic carbocycles. The Morgan fingerprint density at radius 3 is 1.06 bits per heavy atom. The van der Waals surface area contributed by atoms with Gasteiger partial charge in [0.15, 0.2) is 0 Å². The van der Waals surface area contributed by atoms with Gasteiger partial charge in [0.25, 0.3) is 0 Å². The van der Waals surface area contributed by atoms with E-state index in [1.807, 2.05) is 0 Å². The molecule has 4 heterocycles. The van der Waals surface area contributed by atoms with E-state index < -0.39 is 0 Å². The van der Waals surface area contributed by atoms with E-state index in [0.717, 1.165) is 26.2 Å². The quantitative estimate of drug-likeness (QED) is 0.158. The van der Waals surface area contributed by atoms with E-state index in [1.54, 1.807) is 0 Å². The van der Waals surface area contributed by atoms with Crippen LogP contribution in [0.5, 0.6) is 0 Å². The second-order valence-electron chi connectivity index (χ2n) is 24.5. The number of rotatable bonds is 7. The third-order valence-corrected chi connectivity index (χ3v) is 19.3. The zero-order chi connectivity index (χ0) is 53.4. The monoisotopic (exact) mass is 1030 g/mol. The van der Waals surface area contributed by atoms with Gasteiger partial charge in [-0.25, -0.2) is 0 Å². The van der Waals surface area contributed by atoms with Gasteiger partial charge in [-0.05, 0) is 190 Å². The number of para-hydroxylation sites is 2. The summed E-state index contributed by atoms with van der Waals surface area (Å²) in [7, 11) is 0. The van der Waals surface area contributed by atoms with Crippen LogP contribution in [-0.4, -0.2) is 35.3 Å². The van der Waals surface area contributed by atoms with Gasteiger partial charge >= 0.3 is 0 Å². The summed E-state index contributed by atoms with van der Waals surface area (Å²) < 4.78 is 4.98. The van der Waals surface area contributed by atoms with Gasteiger partial charge in [-0.15, -0.1) is 0 Å². The van der Waals surface area contributed by atoms with Gasteiger partial charge in [-0.3, -0.25) is 0 Å². The maximum absolute atomic E-state index is 2.70. The first-order valence-corrected chi connectivity index (χ1v) is 29.5. The fourth-order valence-electron chi connectivity index (χ4n) is 15.2. The molecule has 2 aromatic heterocycles. The van der Waals surface area contributed by atoms with E-state index in [0.29, 0.717) is 0 Å². The molecular formula is C76H66N4. The fraction of sp³-hybridized carbons (Fsp3) is 0.211. The molecule has 390 valence electrons. The van der Waals surface area contributed by atoms with Crippen LogP contribution in [0.3, 0.4) is 0 Å². The van der Waals surface area contributed by atoms with Crippen LogP contribution >= 0.6 is 0 Å². The van der Waals surface area contributed by atoms with Crippen LogP contribution in [0.4, 0.5) is 11.4 Å². The lowest BCUT2D eigenvalue weighted by atomic mass is 9.82. The van der Waals surface area contributed by atoms with E-state index in [-0.39, 0.29) is 10.8 Å². The third-order valence-electron chi connectivity index (χ3n) is 19.3. The Morgan fingerprint density at radius 1 is 0.275 bits per heavy atom. The first kappa shape index (κ1) is 47.4. The molecule has 4 heteroatoms. The summed E-state index contributed by atoms with van der Waals surface area (Å²) >= 11 is 0. The lowest BCUT2D eigenvalue weighted by molar-refractivity contribution is 0.577. The zero-order valence-electron chi connectivity index (χ0n) is 46.5. The molecule has 2 fully saturated rings. The Bertz CT molecular complexity index is 4190. The average molecular weight is 1040 g/mol. The van der Waals surface area contributed by atoms with Crippen LogP contribution in [0.15, 0.2) is 206 Å². The number of hydrogen-bond acceptors (Lipinski definition) is 2. The minimum absolute atomic E-state index is 0.0902. The molecule has 2 saturated heterocycles. The molecule has 12 aromatic rings. The number of aromatic nitrogens is 2. The van der Waals surface area contributed by atoms with E-state index >= 15 is 0 Å². The zero-order valence-corrected chi connectivity index (χ0v) is 46.5. The van der Waals surface area contributed by atoms with Crippen molar-refractivity contribution in [3.8, 4) is 67.0 Å². The van der Waals surface area contributed by atoms with Gasteiger partial charge in [0.05, 0.1) is 22.1 Å². The normalized spacial score (nSPS) is 16.1. The van der Waals surface area contributed by atoms with E-state index in [4.69, 9.17) is 0 Å². The molecule has 4 aliphatic rings. The Labute approximate surface area is 470 Å². The predicted molar refractivity (Wildman–Crippen MR) is 339 cm³/mol. The number of piperidine rings is 2. The molecule has 4 nitrogen and oxygen atoms in total. The highest BCUT2D eigenvalue weighted by atomic mass is 15.1. The second-order valence-corrected chi connectivity index (χ2v) is 24.5. The van der Waals surface area contributed by atoms with Crippen molar-refractivity contribution in [3.05, 3.63) is 229 Å². The Hall–Kier alpha value is -8.60. The van der Waals surface area contributed by atoms with Gasteiger partial charge in [-0.1, -0.05) is 149 Å². The molecule has 0 spiro atoms. The summed E-state index contributed by atoms with van der Waals surface area (Å²) in [4.78, 5) is 5.40. The van der Waals surface area contributed by atoms with Crippen LogP contribution in [0.25, 0.3) is 111 Å². The highest BCUT2D eigenvalue weighted by Crippen LogP contribution is 2.54. The van der Waals surface area contributed by atoms with Crippen LogP contribution < -0.4 is 9.80 Å². The van der Waals surface area contributed by atoms with Crippen molar-refractivity contribution in [2.45, 2.75) is 77.0 Å². The molecule has 0 unspecified atom stereocenters. The van der Waals surface area contributed by atoms with Gasteiger partial charge in [0.1, 0.15) is 0 Å². The van der Waals surface area contributed by atoms with Crippen molar-refractivity contribution in [2.24, 2.45) is 0 Å². The smallest absolute Gasteiger partial charge is 0.0547 e. The summed E-state index contributed by atoms with van der Waals surface area (Å²) in [5, 5.41) is 5.21. The molecule has 0 amide bonds. The molecule has 0 N–H and O–H groups in total. The summed E-state index contributed by atoms with van der Waals surface area (Å²) in [6.07, 6.45) is 7.44. The molecule has 0 atom stereocenters. The standard InChI is InChI=1S/C76H66N4/c1-75(2)65-27-15-13-25-55(65)59-47-73-63(45-67(59)75)61-41-49(31-35-69(61)79(73)53-21-9-5-10-22-53)51-29-33-57(71(43-51)77-37-17-7-18-38-77)58-34-30-52(44-72(58)78-39-19-8-20-40-78)50-32-36-70-62(42-50)64-46-68-60(56-26-14-16-28-66(56)76(68,3)4)48-74(64)80(70)54-23-11-6-12-24-54/h5-6,9-16,21-36,41-48H,7-8,17-20,37-40H2,1-4H3. The SMILES string of the molecule is CC1(C)c2ccccc2-c2cc3c(cc21)c1cc(-c2ccc(-c4ccc(-c5ccc6c(c5)c5cc7c(cc5n6-c5ccccc5)-c5ccccc5C7(C)C)cc4N4CCCCC4)c(N4CCCCC4)c2)ccc1n3-c1ccccc1. The maximum Gasteiger partial charge on any atom is 0.0547 e. The minimum atomic E-state index is -0.0902. The second kappa shape index (κ2) is 18.0. The highest BCUT2D eigenvalue weighted by molar-refractivity contribution is 6.14. The van der Waals surface area contributed by atoms with Crippen molar-refractivity contribution < 1.29 is 0 Å². The van der Waals surface area contributed by atoms with Crippen LogP contribution in [0.2, 0.25) is 0 Å². The van der Waals surface area contributed by atoms with Crippen molar-refractivity contribution in [1.29, 1.82) is 0 Å². The summed E-state index contributed by atoms with van der Waals surface area (Å²) in [5.41, 5.74) is 28.6. The number of benzene rings is 10. The van der Waals surface area contributed by atoms with Crippen LogP contribution in [-0.2, 0) is 10.8 Å². The van der Waals surface area contributed by atoms with Crippen molar-refractivity contribution in [1.82, 2.24) is 9.13 Å². The van der Waals surface area contributed by atoms with Gasteiger partial charge in [0.2, 0.25) is 0 Å². The highest BCUT2D eigenvalue weighted by Gasteiger charge is 2.38. The van der Waals surface area contributed by atoms with Gasteiger partial charge in [0, 0.05) is 92.4 Å². The lowest BCUT2D eigenvalue weighted by Gasteiger charge is -2.34. The molecular weight excluding hydrogens is 969 g/mol. The van der Waals surface area contributed by atoms with Crippen LogP contribution in [0.1, 0.15) is 88.5 Å². The van der Waals surface area contributed by atoms with Crippen molar-refractivity contribution in [2.75, 3.05) is 36.0 Å². The Kier molecular flexibility index (Phi) is 10.6. The molecule has 2 aliphatic heterocycles. The Balaban J connectivity index is 0.844. The first-order valence-electron chi connectivity index (χ1n) is 29.5. The number of fused-ring (bicyclic) bond motifs is 12. The minimum Gasteiger partial charge on any atom is -0.371 e. The predicted octanol–water partition coefficient (Wildman–Crippen LogP) is 19.5. The van der Waals surface area contributed by atoms with Crippen molar-refractivity contribution in [3.63, 3.8) is 0 Å². The first-order chi connectivity index (χ1) is 39.2. The fourth-order valence-corrected chi connectivity index (χ4v) is 15.2. The summed E-state index contributed by atoms with van der Waals surface area (Å²) in [6, 6.07) is 79.3. The van der Waals surface area contributed by atoms with E-state index in [1.165, 1.54) is 183 Å². The molecule has 0 radical (unpaired) electrons. The van der Waals surface area contributed by atoms with E-state index in [9.17, 15) is 0 Å². The van der Waals surface area contributed by atoms with Crippen LogP contribution in [0, 0.1) is 0 Å². The van der Waals surface area contributed by atoms with Crippen molar-refractivity contribution >= 4 is 55.0 Å². The van der Waals surface area contributed by atoms with E-state index in [2.05, 4.69) is 253 Å². The lowest BCUT2D eigenvalue weighted by Crippen LogP contribution is -2.31. The summed E-state index contributed by atoms with van der Waals surface area (Å²) in [6.45, 7) is 13.9. The molecule has 16 rings (SSSR count). The topological polar surface area (TPSA) is 16.3 Å². The number of hydrogen-bond donors (Lipinski definition) is 0. The van der Waals surface area contributed by atoms with Gasteiger partial charge < -0.3 is 18.9 Å². The maximum atomic E-state index is 2.70. The average Bonchev–Trinajstić information content (AvgIpc) is 4.35. The molecule has 80 heavy (non-hydrogen) atoms. The largest absolute Gasteiger partial charge is 0.371 e. The number of anilines is 2.